The zero-order valence-corrected chi connectivity index (χ0v) is 77.1. The van der Waals surface area contributed by atoms with Crippen molar-refractivity contribution >= 4 is 172 Å². The van der Waals surface area contributed by atoms with E-state index in [9.17, 15) is 96.2 Å². The quantitative estimate of drug-likeness (QED) is 0.00851. The Labute approximate surface area is 745 Å². The van der Waals surface area contributed by atoms with Gasteiger partial charge in [0, 0.05) is 97.5 Å². The Morgan fingerprint density at radius 1 is 0.523 bits per heavy atom. The number of amides is 4. The van der Waals surface area contributed by atoms with Crippen molar-refractivity contribution in [2.45, 2.75) is 166 Å². The number of aromatic nitrogens is 8. The molecule has 2 fully saturated rings. The number of benzene rings is 2. The monoisotopic (exact) mass is 1980 g/mol. The number of ether oxygens (including phenoxy) is 6. The molecule has 52 nitrogen and oxygen atoms in total. The first-order chi connectivity index (χ1) is 60.8. The number of hydrogen-bond donors (Lipinski definition) is 16. The van der Waals surface area contributed by atoms with E-state index in [-0.39, 0.29) is 132 Å². The van der Waals surface area contributed by atoms with Crippen LogP contribution in [0.1, 0.15) is 150 Å². The van der Waals surface area contributed by atoms with Gasteiger partial charge in [-0.05, 0) is 138 Å². The molecule has 0 spiro atoms. The molecule has 18 N–H and O–H groups in total. The first-order valence-corrected chi connectivity index (χ1v) is 50.7. The van der Waals surface area contributed by atoms with E-state index in [1.54, 1.807) is 26.0 Å². The first kappa shape index (κ1) is 102. The van der Waals surface area contributed by atoms with Crippen molar-refractivity contribution in [2.75, 3.05) is 87.0 Å². The standard InChI is InChI=1S/2C35H47N8O18P3S/c1-5-55-32(46)21-12-19-11-20-18(2)14-35(3,4)43(22(20)13-23(19)58-33(21)47)10-6-7-25(44)37-8-9-38-34(48)59-28-24(15-56-62(49,50)60-63(51,52)61-64(53,54)65)57-31(27(28)45)42-17-41-26-29(36)39-16-40-30(26)42;1-5-55-32(46)21-12-19-11-20-18(2)14-35(3,4)43(22(20)13-23(19)58-33(21)47)10-6-7-25(44)37-8-9-38-34(48)59-28-27(45)24(15-56-62(49,50)60-63(51,52)61-64(53,54)65)57-31(28)42-17-41-26-29(36)39-16-40-30(26)42/h2*11-13,16-18,24,27-28,31,45H,5-10,14-15H2,1-4H3,(H,37,44)(H,38,48)(H,49,50)(H,51,52)(H2,36,39,40)(H2,53,54,65)/t2*18?,24-,27-,28-,31-/m11/s1. The Bertz CT molecular complexity index is 6040. The minimum atomic E-state index is -5.67. The van der Waals surface area contributed by atoms with Gasteiger partial charge in [0.15, 0.2) is 47.6 Å². The summed E-state index contributed by atoms with van der Waals surface area (Å²) in [5.41, 5.74) is 13.7. The van der Waals surface area contributed by atoms with Crippen LogP contribution in [0.5, 0.6) is 0 Å². The molecule has 6 aromatic heterocycles. The molecule has 2 aromatic carbocycles. The number of hydrogen-bond acceptors (Lipinski definition) is 40. The van der Waals surface area contributed by atoms with Gasteiger partial charge >= 0.3 is 80.1 Å². The molecular formula is C70H94N16O36P6S2. The van der Waals surface area contributed by atoms with Crippen LogP contribution < -0.4 is 53.8 Å². The van der Waals surface area contributed by atoms with Gasteiger partial charge in [0.1, 0.15) is 70.4 Å². The van der Waals surface area contributed by atoms with Crippen molar-refractivity contribution in [1.29, 1.82) is 0 Å². The van der Waals surface area contributed by atoms with Crippen LogP contribution in [0.3, 0.4) is 0 Å². The molecule has 0 bridgehead atoms. The van der Waals surface area contributed by atoms with E-state index >= 15 is 0 Å². The largest absolute Gasteiger partial charge is 0.488 e. The summed E-state index contributed by atoms with van der Waals surface area (Å²) in [5.74, 6) is -1.97. The Morgan fingerprint density at radius 3 is 1.33 bits per heavy atom. The van der Waals surface area contributed by atoms with Gasteiger partial charge in [-0.1, -0.05) is 13.8 Å². The number of aliphatic hydroxyl groups is 2. The van der Waals surface area contributed by atoms with Gasteiger partial charge in [-0.3, -0.25) is 27.8 Å². The molecule has 4 aliphatic rings. The highest BCUT2D eigenvalue weighted by Crippen LogP contribution is 2.68. The van der Waals surface area contributed by atoms with Gasteiger partial charge in [-0.2, -0.15) is 8.62 Å². The SMILES string of the molecule is CCOC(=O)c1cc2cc3c(cc2oc1=O)N(CCCC(=O)NCCNC(=O)O[C@@H]1[C@H](O)[C@@H](COP(=O)(O)OP(=O)(O)OP(O)(O)=S)O[C@H]1n1cnc2c(N)ncnc21)C(C)(C)CC3C.CCOC(=O)c1cc2cc3c(cc2oc1=O)N(CCCC(=O)NCCNC(=O)O[C@H]1[C@@H](O)[C@H](n2cnc4c(N)ncnc42)O[C@@H]1COP(=O)(O)OP(=O)(O)OP(O)(O)=S)C(C)(C)CC3C. The highest BCUT2D eigenvalue weighted by molar-refractivity contribution is 8.08. The Kier molecular flexibility index (Phi) is 32.3. The number of rotatable bonds is 36. The molecule has 0 saturated carbocycles. The number of carbonyl (C=O) groups excluding carboxylic acids is 6. The number of alkyl carbamates (subject to hydrolysis) is 2. The lowest BCUT2D eigenvalue weighted by atomic mass is 9.79. The van der Waals surface area contributed by atoms with E-state index in [4.69, 9.17) is 67.6 Å². The average molecular weight is 1990 g/mol. The fourth-order valence-electron chi connectivity index (χ4n) is 15.3. The minimum Gasteiger partial charge on any atom is -0.462 e. The first-order valence-electron chi connectivity index (χ1n) is 39.4. The van der Waals surface area contributed by atoms with Crippen LogP contribution in [0.2, 0.25) is 0 Å². The maximum Gasteiger partial charge on any atom is 0.488 e. The molecular weight excluding hydrogens is 1890 g/mol. The smallest absolute Gasteiger partial charge is 0.462 e. The van der Waals surface area contributed by atoms with Crippen molar-refractivity contribution in [3.05, 3.63) is 105 Å². The van der Waals surface area contributed by atoms with Gasteiger partial charge in [-0.25, -0.2) is 85.6 Å². The van der Waals surface area contributed by atoms with Crippen molar-refractivity contribution in [2.24, 2.45) is 0 Å². The molecule has 14 atom stereocenters. The molecule has 0 radical (unpaired) electrons. The number of carbonyl (C=O) groups is 6. The third-order valence-corrected chi connectivity index (χ3v) is 29.3. The summed E-state index contributed by atoms with van der Waals surface area (Å²) in [6.07, 6.45) is -7.93. The number of esters is 2. The number of fused-ring (bicyclic) bond motifs is 6. The number of nitrogens with zero attached hydrogens (tertiary/aromatic N) is 10. The molecule has 130 heavy (non-hydrogen) atoms. The van der Waals surface area contributed by atoms with Gasteiger partial charge in [-0.15, -0.1) is 0 Å². The fraction of sp³-hybridized carbons (Fsp3) is 0.514. The third kappa shape index (κ3) is 25.5. The van der Waals surface area contributed by atoms with Gasteiger partial charge in [0.25, 0.3) is 0 Å². The van der Waals surface area contributed by atoms with Crippen molar-refractivity contribution < 1.29 is 160 Å². The number of imidazole rings is 2. The van der Waals surface area contributed by atoms with Crippen LogP contribution >= 0.6 is 44.7 Å². The number of aliphatic hydroxyl groups excluding tert-OH is 2. The number of nitrogens with two attached hydrogens (primary N) is 2. The Hall–Kier alpha value is -8.92. The Balaban J connectivity index is 0.000000251. The van der Waals surface area contributed by atoms with Gasteiger partial charge < -0.3 is 129 Å². The van der Waals surface area contributed by atoms with Crippen LogP contribution in [-0.2, 0) is 106 Å². The number of anilines is 4. The molecule has 8 aromatic rings. The maximum atomic E-state index is 13.0. The number of nitrogens with one attached hydrogen (secondary N) is 4. The molecule has 4 amide bonds. The lowest BCUT2D eigenvalue weighted by molar-refractivity contribution is -0.121. The lowest BCUT2D eigenvalue weighted by Gasteiger charge is -2.47. The molecule has 6 unspecified atom stereocenters. The van der Waals surface area contributed by atoms with Crippen LogP contribution in [0.15, 0.2) is 80.1 Å². The molecule has 60 heteroatoms. The second-order valence-electron chi connectivity index (χ2n) is 30.9. The number of phosphoric ester groups is 2. The highest BCUT2D eigenvalue weighted by atomic mass is 32.5. The van der Waals surface area contributed by atoms with Crippen LogP contribution in [0, 0.1) is 0 Å². The van der Waals surface area contributed by atoms with Gasteiger partial charge in [0.05, 0.1) is 39.1 Å². The zero-order valence-electron chi connectivity index (χ0n) is 70.1. The third-order valence-electron chi connectivity index (χ3n) is 20.5. The lowest BCUT2D eigenvalue weighted by Crippen LogP contribution is -2.49. The summed E-state index contributed by atoms with van der Waals surface area (Å²) in [7, 11) is -22.5. The molecule has 12 rings (SSSR count). The van der Waals surface area contributed by atoms with E-state index in [1.165, 1.54) is 33.9 Å². The zero-order chi connectivity index (χ0) is 95.3. The average Bonchev–Trinajstić information content (AvgIpc) is 1.02. The van der Waals surface area contributed by atoms with Crippen molar-refractivity contribution in [3.8, 4) is 0 Å². The predicted octanol–water partition coefficient (Wildman–Crippen LogP) is 4.39. The number of nitrogen functional groups attached to an aromatic ring is 2. The van der Waals surface area contributed by atoms with Crippen molar-refractivity contribution in [1.82, 2.24) is 60.3 Å². The second-order valence-corrected chi connectivity index (χ2v) is 42.6. The fourth-order valence-corrected chi connectivity index (χ4v) is 22.8. The van der Waals surface area contributed by atoms with Crippen molar-refractivity contribution in [3.63, 3.8) is 0 Å². The Morgan fingerprint density at radius 2 is 0.915 bits per heavy atom. The van der Waals surface area contributed by atoms with E-state index in [2.05, 4.69) is 143 Å². The van der Waals surface area contributed by atoms with Gasteiger partial charge in [0.2, 0.25) is 11.8 Å². The highest BCUT2D eigenvalue weighted by Gasteiger charge is 2.52. The minimum absolute atomic E-state index is 0.0165. The summed E-state index contributed by atoms with van der Waals surface area (Å²) in [6.45, 7) is 4.78. The molecule has 4 aliphatic heterocycles. The summed E-state index contributed by atoms with van der Waals surface area (Å²) < 4.78 is 120. The molecule has 2 saturated heterocycles. The van der Waals surface area contributed by atoms with Crippen LogP contribution in [-0.4, -0.2) is 238 Å². The normalized spacial score (nSPS) is 22.5. The second kappa shape index (κ2) is 41.3. The predicted molar refractivity (Wildman–Crippen MR) is 459 cm³/mol. The van der Waals surface area contributed by atoms with E-state index in [0.717, 1.165) is 48.0 Å². The maximum absolute atomic E-state index is 13.0. The van der Waals surface area contributed by atoms with E-state index < -0.39 is 142 Å². The molecule has 10 heterocycles. The molecule has 712 valence electrons. The summed E-state index contributed by atoms with van der Waals surface area (Å²) >= 11 is 8.15. The van der Waals surface area contributed by atoms with Crippen LogP contribution in [0.4, 0.5) is 32.6 Å². The van der Waals surface area contributed by atoms with E-state index in [0.29, 0.717) is 47.9 Å². The van der Waals surface area contributed by atoms with Crippen LogP contribution in [0.25, 0.3) is 44.3 Å². The summed E-state index contributed by atoms with van der Waals surface area (Å²) in [6, 6.07) is 10.3. The number of phosphoric acid groups is 4. The molecule has 0 aliphatic carbocycles. The topological polar surface area (TPSA) is 738 Å². The van der Waals surface area contributed by atoms with E-state index in [1.807, 2.05) is 12.1 Å². The summed E-state index contributed by atoms with van der Waals surface area (Å²) in [4.78, 5) is 206. The summed E-state index contributed by atoms with van der Waals surface area (Å²) in [5, 5.41) is 33.9.